The Labute approximate surface area is 232 Å². The Morgan fingerprint density at radius 1 is 0.975 bits per heavy atom. The van der Waals surface area contributed by atoms with Gasteiger partial charge in [0, 0.05) is 31.7 Å². The molecule has 2 aliphatic heterocycles. The molecule has 3 aromatic rings. The Kier molecular flexibility index (Phi) is 8.42. The Hall–Kier alpha value is -4.21. The highest BCUT2D eigenvalue weighted by molar-refractivity contribution is 6.46. The number of rotatable bonds is 9. The third-order valence-corrected chi connectivity index (χ3v) is 7.09. The number of benzene rings is 3. The van der Waals surface area contributed by atoms with E-state index in [0.29, 0.717) is 43.2 Å². The van der Waals surface area contributed by atoms with Gasteiger partial charge in [0.15, 0.2) is 11.6 Å². The van der Waals surface area contributed by atoms with Gasteiger partial charge in [0.05, 0.1) is 31.9 Å². The minimum atomic E-state index is -0.880. The second-order valence-corrected chi connectivity index (χ2v) is 9.64. The molecular formula is C31H31FN2O6. The number of aliphatic hydroxyl groups excluding tert-OH is 1. The van der Waals surface area contributed by atoms with Gasteiger partial charge in [-0.05, 0) is 54.4 Å². The predicted molar refractivity (Wildman–Crippen MR) is 147 cm³/mol. The molecule has 3 aromatic carbocycles. The molecule has 0 aromatic heterocycles. The first-order chi connectivity index (χ1) is 19.5. The zero-order valence-electron chi connectivity index (χ0n) is 22.2. The number of halogens is 1. The van der Waals surface area contributed by atoms with Crippen LogP contribution in [0.3, 0.4) is 0 Å². The minimum Gasteiger partial charge on any atom is -0.507 e. The highest BCUT2D eigenvalue weighted by atomic mass is 19.1. The summed E-state index contributed by atoms with van der Waals surface area (Å²) in [5, 5.41) is 11.3. The molecular weight excluding hydrogens is 515 g/mol. The SMILES string of the molecule is COc1ccc(C(O)=C2C(=O)C(=O)N(CCCN3CCOCC3)[C@@H]2c2cccc(Oc3ccccc3)c2)cc1F. The van der Waals surface area contributed by atoms with Crippen molar-refractivity contribution in [2.45, 2.75) is 12.5 Å². The summed E-state index contributed by atoms with van der Waals surface area (Å²) in [6.45, 7) is 3.98. The van der Waals surface area contributed by atoms with Gasteiger partial charge in [-0.1, -0.05) is 30.3 Å². The van der Waals surface area contributed by atoms with Gasteiger partial charge in [0.2, 0.25) is 0 Å². The number of methoxy groups -OCH3 is 1. The molecule has 2 saturated heterocycles. The standard InChI is InChI=1S/C31H31FN2O6/c1-38-26-12-11-22(20-25(26)32)29(35)27-28(21-7-5-10-24(19-21)40-23-8-3-2-4-9-23)34(31(37)30(27)36)14-6-13-33-15-17-39-18-16-33/h2-5,7-12,19-20,28,35H,6,13-18H2,1H3/t28-/m1/s1. The number of hydrogen-bond donors (Lipinski definition) is 1. The number of amides is 1. The van der Waals surface area contributed by atoms with E-state index in [9.17, 15) is 19.1 Å². The van der Waals surface area contributed by atoms with Gasteiger partial charge in [-0.3, -0.25) is 14.5 Å². The summed E-state index contributed by atoms with van der Waals surface area (Å²) in [5.74, 6) is -1.53. The highest BCUT2D eigenvalue weighted by Gasteiger charge is 2.46. The van der Waals surface area contributed by atoms with Crippen molar-refractivity contribution < 1.29 is 33.3 Å². The topological polar surface area (TPSA) is 88.5 Å². The number of carbonyl (C=O) groups is 2. The maximum atomic E-state index is 14.5. The molecule has 1 atom stereocenters. The second-order valence-electron chi connectivity index (χ2n) is 9.64. The lowest BCUT2D eigenvalue weighted by Gasteiger charge is -2.29. The van der Waals surface area contributed by atoms with Crippen LogP contribution >= 0.6 is 0 Å². The van der Waals surface area contributed by atoms with Crippen LogP contribution in [0.4, 0.5) is 4.39 Å². The summed E-state index contributed by atoms with van der Waals surface area (Å²) in [4.78, 5) is 30.4. The van der Waals surface area contributed by atoms with Gasteiger partial charge in [-0.25, -0.2) is 4.39 Å². The normalized spacial score (nSPS) is 19.1. The number of para-hydroxylation sites is 1. The van der Waals surface area contributed by atoms with E-state index in [2.05, 4.69) is 4.90 Å². The quantitative estimate of drug-likeness (QED) is 0.235. The smallest absolute Gasteiger partial charge is 0.295 e. The fourth-order valence-electron chi connectivity index (χ4n) is 5.09. The van der Waals surface area contributed by atoms with Crippen molar-refractivity contribution in [2.75, 3.05) is 46.5 Å². The monoisotopic (exact) mass is 546 g/mol. The van der Waals surface area contributed by atoms with Gasteiger partial charge in [0.25, 0.3) is 11.7 Å². The van der Waals surface area contributed by atoms with Crippen molar-refractivity contribution in [1.29, 1.82) is 0 Å². The van der Waals surface area contributed by atoms with E-state index in [1.165, 1.54) is 24.1 Å². The molecule has 0 unspecified atom stereocenters. The van der Waals surface area contributed by atoms with Gasteiger partial charge in [0.1, 0.15) is 17.3 Å². The third-order valence-electron chi connectivity index (χ3n) is 7.09. The Morgan fingerprint density at radius 3 is 2.45 bits per heavy atom. The number of ether oxygens (including phenoxy) is 3. The van der Waals surface area contributed by atoms with Crippen LogP contribution in [0.2, 0.25) is 0 Å². The minimum absolute atomic E-state index is 0.00225. The lowest BCUT2D eigenvalue weighted by Crippen LogP contribution is -2.38. The Balaban J connectivity index is 1.51. The molecule has 0 bridgehead atoms. The van der Waals surface area contributed by atoms with E-state index in [0.717, 1.165) is 25.7 Å². The average molecular weight is 547 g/mol. The largest absolute Gasteiger partial charge is 0.507 e. The fourth-order valence-corrected chi connectivity index (χ4v) is 5.09. The molecule has 0 radical (unpaired) electrons. The van der Waals surface area contributed by atoms with Gasteiger partial charge >= 0.3 is 0 Å². The predicted octanol–water partition coefficient (Wildman–Crippen LogP) is 4.77. The molecule has 0 aliphatic carbocycles. The fraction of sp³-hybridized carbons (Fsp3) is 0.290. The molecule has 5 rings (SSSR count). The van der Waals surface area contributed by atoms with Crippen molar-refractivity contribution in [3.05, 3.63) is 95.3 Å². The highest BCUT2D eigenvalue weighted by Crippen LogP contribution is 2.41. The van der Waals surface area contributed by atoms with E-state index in [1.807, 2.05) is 30.3 Å². The lowest BCUT2D eigenvalue weighted by atomic mass is 9.95. The van der Waals surface area contributed by atoms with Gasteiger partial charge < -0.3 is 24.2 Å². The van der Waals surface area contributed by atoms with Crippen LogP contribution in [-0.2, 0) is 14.3 Å². The first kappa shape index (κ1) is 27.4. The molecule has 40 heavy (non-hydrogen) atoms. The van der Waals surface area contributed by atoms with Gasteiger partial charge in [-0.15, -0.1) is 0 Å². The van der Waals surface area contributed by atoms with Gasteiger partial charge in [-0.2, -0.15) is 0 Å². The maximum absolute atomic E-state index is 14.5. The Bertz CT molecular complexity index is 1400. The molecule has 9 heteroatoms. The molecule has 8 nitrogen and oxygen atoms in total. The lowest BCUT2D eigenvalue weighted by molar-refractivity contribution is -0.140. The number of ketones is 1. The first-order valence-electron chi connectivity index (χ1n) is 13.2. The summed E-state index contributed by atoms with van der Waals surface area (Å²) in [6.07, 6.45) is 0.626. The van der Waals surface area contributed by atoms with Crippen LogP contribution in [0.1, 0.15) is 23.6 Å². The number of morpholine rings is 1. The average Bonchev–Trinajstić information content (AvgIpc) is 3.23. The molecule has 1 N–H and O–H groups in total. The van der Waals surface area contributed by atoms with E-state index in [-0.39, 0.29) is 16.9 Å². The third kappa shape index (κ3) is 5.85. The van der Waals surface area contributed by atoms with Crippen LogP contribution in [-0.4, -0.2) is 73.1 Å². The Morgan fingerprint density at radius 2 is 1.73 bits per heavy atom. The summed E-state index contributed by atoms with van der Waals surface area (Å²) >= 11 is 0. The molecule has 1 amide bonds. The summed E-state index contributed by atoms with van der Waals surface area (Å²) < 4.78 is 30.9. The van der Waals surface area contributed by atoms with Crippen molar-refractivity contribution in [1.82, 2.24) is 9.80 Å². The summed E-state index contributed by atoms with van der Waals surface area (Å²) in [6, 6.07) is 19.4. The van der Waals surface area contributed by atoms with Crippen molar-refractivity contribution in [2.24, 2.45) is 0 Å². The number of hydrogen-bond acceptors (Lipinski definition) is 7. The number of carbonyl (C=O) groups excluding carboxylic acids is 2. The van der Waals surface area contributed by atoms with Crippen LogP contribution < -0.4 is 9.47 Å². The van der Waals surface area contributed by atoms with Crippen LogP contribution in [0, 0.1) is 5.82 Å². The summed E-state index contributed by atoms with van der Waals surface area (Å²) in [7, 11) is 1.34. The van der Waals surface area contributed by atoms with E-state index in [1.54, 1.807) is 24.3 Å². The second kappa shape index (κ2) is 12.3. The van der Waals surface area contributed by atoms with Crippen LogP contribution in [0.15, 0.2) is 78.4 Å². The molecule has 2 heterocycles. The van der Waals surface area contributed by atoms with E-state index < -0.39 is 29.3 Å². The molecule has 2 aliphatic rings. The first-order valence-corrected chi connectivity index (χ1v) is 13.2. The zero-order valence-corrected chi connectivity index (χ0v) is 22.2. The van der Waals surface area contributed by atoms with Crippen molar-refractivity contribution in [3.63, 3.8) is 0 Å². The summed E-state index contributed by atoms with van der Waals surface area (Å²) in [5.41, 5.74) is 0.568. The molecule has 208 valence electrons. The van der Waals surface area contributed by atoms with Crippen molar-refractivity contribution >= 4 is 17.4 Å². The van der Waals surface area contributed by atoms with Crippen LogP contribution in [0.25, 0.3) is 5.76 Å². The van der Waals surface area contributed by atoms with Crippen molar-refractivity contribution in [3.8, 4) is 17.2 Å². The van der Waals surface area contributed by atoms with Crippen LogP contribution in [0.5, 0.6) is 17.2 Å². The van der Waals surface area contributed by atoms with E-state index in [4.69, 9.17) is 14.2 Å². The van der Waals surface area contributed by atoms with E-state index >= 15 is 0 Å². The maximum Gasteiger partial charge on any atom is 0.295 e. The molecule has 0 saturated carbocycles. The number of Topliss-reactive ketones (excluding diaryl/α,β-unsaturated/α-hetero) is 1. The number of aliphatic hydroxyl groups is 1. The number of likely N-dealkylation sites (tertiary alicyclic amines) is 1. The molecule has 2 fully saturated rings. The molecule has 0 spiro atoms. The zero-order chi connectivity index (χ0) is 28.1. The number of nitrogens with zero attached hydrogens (tertiary/aromatic N) is 2.